The molecule has 0 N–H and O–H groups in total. The van der Waals surface area contributed by atoms with E-state index >= 15 is 0 Å². The summed E-state index contributed by atoms with van der Waals surface area (Å²) in [5.41, 5.74) is -0.336. The number of esters is 1. The highest BCUT2D eigenvalue weighted by Crippen LogP contribution is 2.49. The van der Waals surface area contributed by atoms with Gasteiger partial charge in [0.15, 0.2) is 0 Å². The first-order chi connectivity index (χ1) is 10.2. The van der Waals surface area contributed by atoms with Gasteiger partial charge in [-0.05, 0) is 38.0 Å². The average molecular weight is 294 g/mol. The van der Waals surface area contributed by atoms with Crippen molar-refractivity contribution in [2.75, 3.05) is 39.8 Å². The molecule has 5 nitrogen and oxygen atoms in total. The predicted molar refractivity (Wildman–Crippen MR) is 78.7 cm³/mol. The smallest absolute Gasteiger partial charge is 0.313 e. The van der Waals surface area contributed by atoms with Gasteiger partial charge < -0.3 is 9.64 Å². The fourth-order valence-electron chi connectivity index (χ4n) is 4.49. The molecule has 21 heavy (non-hydrogen) atoms. The Balaban J connectivity index is 1.61. The van der Waals surface area contributed by atoms with Crippen LogP contribution in [0, 0.1) is 11.3 Å². The van der Waals surface area contributed by atoms with Crippen molar-refractivity contribution in [1.29, 1.82) is 0 Å². The van der Waals surface area contributed by atoms with Gasteiger partial charge in [-0.25, -0.2) is 0 Å². The summed E-state index contributed by atoms with van der Waals surface area (Å²) in [5.74, 6) is 0.534. The van der Waals surface area contributed by atoms with Crippen molar-refractivity contribution in [1.82, 2.24) is 9.80 Å². The topological polar surface area (TPSA) is 49.9 Å². The molecule has 1 amide bonds. The van der Waals surface area contributed by atoms with Gasteiger partial charge in [0.2, 0.25) is 5.91 Å². The summed E-state index contributed by atoms with van der Waals surface area (Å²) in [7, 11) is 1.48. The van der Waals surface area contributed by atoms with E-state index in [1.807, 2.05) is 4.90 Å². The number of fused-ring (bicyclic) bond motifs is 1. The van der Waals surface area contributed by atoms with E-state index in [2.05, 4.69) is 4.90 Å². The van der Waals surface area contributed by atoms with Crippen molar-refractivity contribution in [3.63, 3.8) is 0 Å². The molecule has 3 aliphatic rings. The highest BCUT2D eigenvalue weighted by Gasteiger charge is 2.55. The number of ether oxygens (including phenoxy) is 1. The SMILES string of the molecule is COC(=O)[C@]12CCC[C@H]1CN(CC(=O)N1CCCCC1)C2. The van der Waals surface area contributed by atoms with E-state index in [1.54, 1.807) is 0 Å². The Kier molecular flexibility index (Phi) is 4.20. The lowest BCUT2D eigenvalue weighted by atomic mass is 9.81. The van der Waals surface area contributed by atoms with Gasteiger partial charge in [0, 0.05) is 26.2 Å². The van der Waals surface area contributed by atoms with Crippen molar-refractivity contribution in [3.05, 3.63) is 0 Å². The molecule has 1 saturated carbocycles. The lowest BCUT2D eigenvalue weighted by molar-refractivity contribution is -0.153. The van der Waals surface area contributed by atoms with Gasteiger partial charge in [-0.3, -0.25) is 14.5 Å². The van der Waals surface area contributed by atoms with Crippen molar-refractivity contribution in [2.24, 2.45) is 11.3 Å². The van der Waals surface area contributed by atoms with Crippen LogP contribution in [0.5, 0.6) is 0 Å². The number of amides is 1. The van der Waals surface area contributed by atoms with Gasteiger partial charge in [-0.15, -0.1) is 0 Å². The van der Waals surface area contributed by atoms with E-state index in [-0.39, 0.29) is 17.3 Å². The van der Waals surface area contributed by atoms with E-state index in [9.17, 15) is 9.59 Å². The van der Waals surface area contributed by atoms with Gasteiger partial charge in [0.1, 0.15) is 0 Å². The number of hydrogen-bond acceptors (Lipinski definition) is 4. The zero-order valence-electron chi connectivity index (χ0n) is 13.0. The van der Waals surface area contributed by atoms with Crippen LogP contribution in [0.25, 0.3) is 0 Å². The summed E-state index contributed by atoms with van der Waals surface area (Å²) in [6.45, 7) is 3.84. The third-order valence-corrected chi connectivity index (χ3v) is 5.60. The number of piperidine rings is 1. The van der Waals surface area contributed by atoms with Crippen molar-refractivity contribution >= 4 is 11.9 Å². The third kappa shape index (κ3) is 2.68. The van der Waals surface area contributed by atoms with Crippen LogP contribution in [-0.2, 0) is 14.3 Å². The van der Waals surface area contributed by atoms with Crippen LogP contribution in [0.1, 0.15) is 38.5 Å². The summed E-state index contributed by atoms with van der Waals surface area (Å²) in [6, 6.07) is 0. The van der Waals surface area contributed by atoms with E-state index in [0.29, 0.717) is 19.0 Å². The molecular weight excluding hydrogens is 268 g/mol. The number of rotatable bonds is 3. The first-order valence-corrected chi connectivity index (χ1v) is 8.24. The minimum atomic E-state index is -0.336. The molecule has 1 aliphatic carbocycles. The molecule has 0 bridgehead atoms. The van der Waals surface area contributed by atoms with E-state index in [1.165, 1.54) is 13.5 Å². The zero-order valence-corrected chi connectivity index (χ0v) is 13.0. The molecule has 5 heteroatoms. The second kappa shape index (κ2) is 5.95. The summed E-state index contributed by atoms with van der Waals surface area (Å²) in [4.78, 5) is 28.8. The molecular formula is C16H26N2O3. The lowest BCUT2D eigenvalue weighted by Gasteiger charge is -2.29. The molecule has 118 valence electrons. The molecule has 0 aromatic heterocycles. The van der Waals surface area contributed by atoms with Crippen LogP contribution in [0.3, 0.4) is 0 Å². The molecule has 3 rings (SSSR count). The molecule has 0 aromatic rings. The second-order valence-electron chi connectivity index (χ2n) is 6.85. The Hall–Kier alpha value is -1.10. The molecule has 0 unspecified atom stereocenters. The van der Waals surface area contributed by atoms with Gasteiger partial charge in [0.25, 0.3) is 0 Å². The number of hydrogen-bond donors (Lipinski definition) is 0. The molecule has 0 spiro atoms. The van der Waals surface area contributed by atoms with Crippen LogP contribution < -0.4 is 0 Å². The minimum absolute atomic E-state index is 0.0714. The number of likely N-dealkylation sites (tertiary alicyclic amines) is 2. The predicted octanol–water partition coefficient (Wildman–Crippen LogP) is 1.27. The number of methoxy groups -OCH3 is 1. The Bertz CT molecular complexity index is 420. The Labute approximate surface area is 126 Å². The maximum Gasteiger partial charge on any atom is 0.313 e. The second-order valence-corrected chi connectivity index (χ2v) is 6.85. The maximum atomic E-state index is 12.4. The maximum absolute atomic E-state index is 12.4. The van der Waals surface area contributed by atoms with Gasteiger partial charge in [0.05, 0.1) is 19.1 Å². The van der Waals surface area contributed by atoms with E-state index in [4.69, 9.17) is 4.74 Å². The summed E-state index contributed by atoms with van der Waals surface area (Å²) < 4.78 is 5.05. The molecule has 2 heterocycles. The highest BCUT2D eigenvalue weighted by molar-refractivity contribution is 5.80. The molecule has 2 atom stereocenters. The molecule has 2 aliphatic heterocycles. The fourth-order valence-corrected chi connectivity index (χ4v) is 4.49. The highest BCUT2D eigenvalue weighted by atomic mass is 16.5. The van der Waals surface area contributed by atoms with Gasteiger partial charge >= 0.3 is 5.97 Å². The molecule has 0 aromatic carbocycles. The normalized spacial score (nSPS) is 33.0. The number of carbonyl (C=O) groups is 2. The lowest BCUT2D eigenvalue weighted by Crippen LogP contribution is -2.43. The van der Waals surface area contributed by atoms with Crippen molar-refractivity contribution in [3.8, 4) is 0 Å². The van der Waals surface area contributed by atoms with E-state index < -0.39 is 0 Å². The Morgan fingerprint density at radius 3 is 2.67 bits per heavy atom. The summed E-state index contributed by atoms with van der Waals surface area (Å²) >= 11 is 0. The van der Waals surface area contributed by atoms with Crippen LogP contribution in [-0.4, -0.2) is 61.5 Å². The van der Waals surface area contributed by atoms with E-state index in [0.717, 1.165) is 51.7 Å². The zero-order chi connectivity index (χ0) is 14.9. The largest absolute Gasteiger partial charge is 0.469 e. The molecule has 3 fully saturated rings. The molecule has 2 saturated heterocycles. The summed E-state index contributed by atoms with van der Waals surface area (Å²) in [6.07, 6.45) is 6.60. The van der Waals surface area contributed by atoms with Crippen LogP contribution in [0.15, 0.2) is 0 Å². The van der Waals surface area contributed by atoms with Gasteiger partial charge in [-0.2, -0.15) is 0 Å². The van der Waals surface area contributed by atoms with Crippen LogP contribution in [0.4, 0.5) is 0 Å². The first-order valence-electron chi connectivity index (χ1n) is 8.24. The molecule has 0 radical (unpaired) electrons. The van der Waals surface area contributed by atoms with Crippen LogP contribution in [0.2, 0.25) is 0 Å². The minimum Gasteiger partial charge on any atom is -0.469 e. The number of carbonyl (C=O) groups excluding carboxylic acids is 2. The Morgan fingerprint density at radius 1 is 1.19 bits per heavy atom. The van der Waals surface area contributed by atoms with Crippen molar-refractivity contribution < 1.29 is 14.3 Å². The first kappa shape index (κ1) is 14.8. The fraction of sp³-hybridized carbons (Fsp3) is 0.875. The third-order valence-electron chi connectivity index (χ3n) is 5.60. The average Bonchev–Trinajstić information content (AvgIpc) is 3.04. The van der Waals surface area contributed by atoms with Gasteiger partial charge in [-0.1, -0.05) is 6.42 Å². The monoisotopic (exact) mass is 294 g/mol. The summed E-state index contributed by atoms with van der Waals surface area (Å²) in [5, 5.41) is 0. The quantitative estimate of drug-likeness (QED) is 0.736. The van der Waals surface area contributed by atoms with Crippen LogP contribution >= 0.6 is 0 Å². The van der Waals surface area contributed by atoms with Crippen molar-refractivity contribution in [2.45, 2.75) is 38.5 Å². The number of nitrogens with zero attached hydrogens (tertiary/aromatic N) is 2. The Morgan fingerprint density at radius 2 is 1.95 bits per heavy atom. The standard InChI is InChI=1S/C16H26N2O3/c1-21-15(20)16-7-5-6-13(16)10-17(12-16)11-14(19)18-8-3-2-4-9-18/h13H,2-12H2,1H3/t13-,16-/m0/s1.